The van der Waals surface area contributed by atoms with Crippen LogP contribution in [0.2, 0.25) is 5.15 Å². The molecule has 0 aromatic carbocycles. The van der Waals surface area contributed by atoms with E-state index < -0.39 is 0 Å². The molecule has 5 nitrogen and oxygen atoms in total. The zero-order chi connectivity index (χ0) is 11.5. The zero-order valence-corrected chi connectivity index (χ0v) is 9.95. The van der Waals surface area contributed by atoms with E-state index in [0.717, 1.165) is 17.3 Å². The normalized spacial score (nSPS) is 10.9. The Morgan fingerprint density at radius 2 is 2.31 bits per heavy atom. The Balaban J connectivity index is 1.86. The second-order valence-corrected chi connectivity index (χ2v) is 3.98. The maximum absolute atomic E-state index is 5.87. The predicted octanol–water partition coefficient (Wildman–Crippen LogP) is 1.66. The van der Waals surface area contributed by atoms with Gasteiger partial charge in [-0.2, -0.15) is 0 Å². The number of imidazole rings is 1. The second-order valence-electron chi connectivity index (χ2n) is 3.59. The van der Waals surface area contributed by atoms with Gasteiger partial charge in [-0.05, 0) is 6.92 Å². The van der Waals surface area contributed by atoms with Crippen LogP contribution in [-0.4, -0.2) is 14.7 Å². The highest BCUT2D eigenvalue weighted by Gasteiger charge is 2.04. The molecule has 0 bridgehead atoms. The van der Waals surface area contributed by atoms with E-state index in [9.17, 15) is 0 Å². The third kappa shape index (κ3) is 2.43. The number of nitrogens with zero attached hydrogens (tertiary/aromatic N) is 3. The summed E-state index contributed by atoms with van der Waals surface area (Å²) in [4.78, 5) is 4.18. The third-order valence-electron chi connectivity index (χ3n) is 2.29. The van der Waals surface area contributed by atoms with Crippen LogP contribution < -0.4 is 5.32 Å². The molecule has 0 atom stereocenters. The molecule has 16 heavy (non-hydrogen) atoms. The third-order valence-corrected chi connectivity index (χ3v) is 2.64. The lowest BCUT2D eigenvalue weighted by Gasteiger charge is -2.03. The summed E-state index contributed by atoms with van der Waals surface area (Å²) in [7, 11) is 1.88. The van der Waals surface area contributed by atoms with E-state index in [1.54, 1.807) is 6.20 Å². The van der Waals surface area contributed by atoms with E-state index in [4.69, 9.17) is 16.1 Å². The molecule has 0 radical (unpaired) electrons. The summed E-state index contributed by atoms with van der Waals surface area (Å²) in [6.07, 6.45) is 1.64. The first-order valence-electron chi connectivity index (χ1n) is 4.96. The summed E-state index contributed by atoms with van der Waals surface area (Å²) in [5, 5.41) is 7.74. The van der Waals surface area contributed by atoms with E-state index in [0.29, 0.717) is 18.2 Å². The van der Waals surface area contributed by atoms with Gasteiger partial charge in [-0.1, -0.05) is 16.8 Å². The fourth-order valence-electron chi connectivity index (χ4n) is 1.39. The van der Waals surface area contributed by atoms with Gasteiger partial charge in [0.15, 0.2) is 0 Å². The molecule has 2 heterocycles. The Labute approximate surface area is 98.4 Å². The number of aryl methyl sites for hydroxylation is 1. The molecule has 2 aromatic heterocycles. The summed E-state index contributed by atoms with van der Waals surface area (Å²) < 4.78 is 6.80. The van der Waals surface area contributed by atoms with E-state index in [-0.39, 0.29) is 0 Å². The number of nitrogens with one attached hydrogen (secondary N) is 1. The largest absolute Gasteiger partial charge is 0.361 e. The van der Waals surface area contributed by atoms with Crippen LogP contribution in [-0.2, 0) is 20.1 Å². The molecule has 6 heteroatoms. The van der Waals surface area contributed by atoms with Gasteiger partial charge < -0.3 is 14.4 Å². The quantitative estimate of drug-likeness (QED) is 0.883. The molecule has 0 saturated heterocycles. The highest BCUT2D eigenvalue weighted by Crippen LogP contribution is 2.08. The van der Waals surface area contributed by atoms with Crippen LogP contribution in [0.15, 0.2) is 16.8 Å². The van der Waals surface area contributed by atoms with Gasteiger partial charge in [0.2, 0.25) is 0 Å². The van der Waals surface area contributed by atoms with Crippen molar-refractivity contribution in [3.8, 4) is 0 Å². The second kappa shape index (κ2) is 4.67. The van der Waals surface area contributed by atoms with Crippen molar-refractivity contribution in [2.45, 2.75) is 20.0 Å². The van der Waals surface area contributed by atoms with Gasteiger partial charge in [-0.25, -0.2) is 4.98 Å². The van der Waals surface area contributed by atoms with Crippen LogP contribution in [0, 0.1) is 6.92 Å². The number of rotatable bonds is 4. The van der Waals surface area contributed by atoms with Gasteiger partial charge in [0.25, 0.3) is 0 Å². The standard InChI is InChI=1S/C10H13ClN4O/c1-7-3-8(14-16-7)4-12-6-10-13-5-9(11)15(10)2/h3,5,12H,4,6H2,1-2H3. The lowest BCUT2D eigenvalue weighted by Crippen LogP contribution is -2.16. The molecule has 0 saturated carbocycles. The minimum atomic E-state index is 0.633. The maximum atomic E-state index is 5.87. The monoisotopic (exact) mass is 240 g/mol. The Morgan fingerprint density at radius 3 is 2.88 bits per heavy atom. The fourth-order valence-corrected chi connectivity index (χ4v) is 1.54. The minimum Gasteiger partial charge on any atom is -0.361 e. The molecular weight excluding hydrogens is 228 g/mol. The molecule has 2 aromatic rings. The Kier molecular flexibility index (Phi) is 3.26. The average molecular weight is 241 g/mol. The van der Waals surface area contributed by atoms with E-state index in [2.05, 4.69) is 15.5 Å². The van der Waals surface area contributed by atoms with Crippen molar-refractivity contribution in [1.82, 2.24) is 20.0 Å². The average Bonchev–Trinajstić information content (AvgIpc) is 2.79. The van der Waals surface area contributed by atoms with Crippen LogP contribution in [0.5, 0.6) is 0 Å². The minimum absolute atomic E-state index is 0.633. The van der Waals surface area contributed by atoms with Crippen molar-refractivity contribution >= 4 is 11.6 Å². The molecule has 0 aliphatic rings. The highest BCUT2D eigenvalue weighted by molar-refractivity contribution is 6.29. The van der Waals surface area contributed by atoms with Crippen LogP contribution in [0.4, 0.5) is 0 Å². The van der Waals surface area contributed by atoms with Crippen molar-refractivity contribution in [3.63, 3.8) is 0 Å². The van der Waals surface area contributed by atoms with Crippen LogP contribution in [0.25, 0.3) is 0 Å². The number of hydrogen-bond donors (Lipinski definition) is 1. The molecule has 0 amide bonds. The first kappa shape index (κ1) is 11.2. The topological polar surface area (TPSA) is 55.9 Å². The van der Waals surface area contributed by atoms with Gasteiger partial charge in [0.1, 0.15) is 16.7 Å². The molecule has 86 valence electrons. The first-order chi connectivity index (χ1) is 7.66. The van der Waals surface area contributed by atoms with Crippen molar-refractivity contribution in [2.75, 3.05) is 0 Å². The molecule has 0 unspecified atom stereocenters. The van der Waals surface area contributed by atoms with Gasteiger partial charge in [-0.15, -0.1) is 0 Å². The van der Waals surface area contributed by atoms with Gasteiger partial charge >= 0.3 is 0 Å². The van der Waals surface area contributed by atoms with E-state index >= 15 is 0 Å². The highest BCUT2D eigenvalue weighted by atomic mass is 35.5. The summed E-state index contributed by atoms with van der Waals surface area (Å²) in [5.41, 5.74) is 0.887. The SMILES string of the molecule is Cc1cc(CNCc2ncc(Cl)n2C)no1. The van der Waals surface area contributed by atoms with Gasteiger partial charge in [-0.3, -0.25) is 0 Å². The summed E-state index contributed by atoms with van der Waals surface area (Å²) in [6, 6.07) is 1.90. The lowest BCUT2D eigenvalue weighted by atomic mass is 10.4. The predicted molar refractivity (Wildman–Crippen MR) is 60.0 cm³/mol. The van der Waals surface area contributed by atoms with Crippen LogP contribution in [0.3, 0.4) is 0 Å². The maximum Gasteiger partial charge on any atom is 0.133 e. The van der Waals surface area contributed by atoms with Crippen molar-refractivity contribution in [2.24, 2.45) is 7.05 Å². The Morgan fingerprint density at radius 1 is 1.50 bits per heavy atom. The summed E-state index contributed by atoms with van der Waals surface area (Å²) >= 11 is 5.87. The molecule has 0 aliphatic carbocycles. The van der Waals surface area contributed by atoms with Crippen molar-refractivity contribution in [1.29, 1.82) is 0 Å². The summed E-state index contributed by atoms with van der Waals surface area (Å²) in [6.45, 7) is 3.17. The molecule has 0 fully saturated rings. The van der Waals surface area contributed by atoms with Crippen molar-refractivity contribution in [3.05, 3.63) is 34.7 Å². The number of aromatic nitrogens is 3. The lowest BCUT2D eigenvalue weighted by molar-refractivity contribution is 0.388. The van der Waals surface area contributed by atoms with Crippen LogP contribution in [0.1, 0.15) is 17.3 Å². The molecule has 1 N–H and O–H groups in total. The van der Waals surface area contributed by atoms with Crippen LogP contribution >= 0.6 is 11.6 Å². The summed E-state index contributed by atoms with van der Waals surface area (Å²) in [5.74, 6) is 1.71. The Hall–Kier alpha value is -1.33. The molecular formula is C10H13ClN4O. The van der Waals surface area contributed by atoms with E-state index in [1.165, 1.54) is 0 Å². The Bertz CT molecular complexity index is 477. The molecule has 0 spiro atoms. The fraction of sp³-hybridized carbons (Fsp3) is 0.400. The molecule has 0 aliphatic heterocycles. The number of hydrogen-bond acceptors (Lipinski definition) is 4. The zero-order valence-electron chi connectivity index (χ0n) is 9.20. The van der Waals surface area contributed by atoms with Gasteiger partial charge in [0, 0.05) is 19.7 Å². The first-order valence-corrected chi connectivity index (χ1v) is 5.33. The molecule has 2 rings (SSSR count). The van der Waals surface area contributed by atoms with Gasteiger partial charge in [0.05, 0.1) is 18.4 Å². The number of halogens is 1. The smallest absolute Gasteiger partial charge is 0.133 e. The van der Waals surface area contributed by atoms with E-state index in [1.807, 2.05) is 24.6 Å². The van der Waals surface area contributed by atoms with Crippen molar-refractivity contribution < 1.29 is 4.52 Å².